The normalized spacial score (nSPS) is 11.6. The van der Waals surface area contributed by atoms with Crippen molar-refractivity contribution in [3.8, 4) is 11.5 Å². The third-order valence-electron chi connectivity index (χ3n) is 3.39. The van der Waals surface area contributed by atoms with Crippen LogP contribution >= 0.6 is 0 Å². The minimum atomic E-state index is -3.01. The molecule has 0 radical (unpaired) electrons. The molecule has 2 rings (SSSR count). The summed E-state index contributed by atoms with van der Waals surface area (Å²) in [6.45, 7) is 0.411. The van der Waals surface area contributed by atoms with Gasteiger partial charge < -0.3 is 19.5 Å². The van der Waals surface area contributed by atoms with E-state index in [1.165, 1.54) is 31.2 Å². The van der Waals surface area contributed by atoms with Crippen molar-refractivity contribution in [2.24, 2.45) is 0 Å². The molecular weight excluding hydrogens is 360 g/mol. The third kappa shape index (κ3) is 5.95. The zero-order valence-electron chi connectivity index (χ0n) is 14.8. The van der Waals surface area contributed by atoms with Crippen LogP contribution in [0.4, 0.5) is 14.5 Å². The number of hydrogen-bond donors (Lipinski definition) is 1. The number of anilines is 1. The van der Waals surface area contributed by atoms with Gasteiger partial charge >= 0.3 is 12.6 Å². The van der Waals surface area contributed by atoms with Gasteiger partial charge in [-0.15, -0.1) is 0 Å². The van der Waals surface area contributed by atoms with Crippen molar-refractivity contribution in [3.05, 3.63) is 54.1 Å². The average molecular weight is 379 g/mol. The number of benzene rings is 2. The molecule has 1 amide bonds. The van der Waals surface area contributed by atoms with Gasteiger partial charge in [-0.25, -0.2) is 4.79 Å². The fourth-order valence-electron chi connectivity index (χ4n) is 2.17. The van der Waals surface area contributed by atoms with E-state index in [0.29, 0.717) is 5.75 Å². The predicted molar refractivity (Wildman–Crippen MR) is 94.2 cm³/mol. The van der Waals surface area contributed by atoms with E-state index in [0.717, 1.165) is 0 Å². The molecule has 0 aliphatic rings. The van der Waals surface area contributed by atoms with Crippen LogP contribution in [0.15, 0.2) is 48.5 Å². The number of alkyl halides is 2. The zero-order chi connectivity index (χ0) is 19.8. The number of para-hydroxylation sites is 2. The van der Waals surface area contributed by atoms with Gasteiger partial charge in [0.2, 0.25) is 0 Å². The van der Waals surface area contributed by atoms with E-state index in [4.69, 9.17) is 9.47 Å². The quantitative estimate of drug-likeness (QED) is 0.705. The number of halogens is 2. The van der Waals surface area contributed by atoms with Crippen LogP contribution < -0.4 is 14.8 Å². The van der Waals surface area contributed by atoms with Crippen molar-refractivity contribution in [1.29, 1.82) is 0 Å². The van der Waals surface area contributed by atoms with Gasteiger partial charge in [-0.2, -0.15) is 8.78 Å². The molecular formula is C19H19F2NO5. The largest absolute Gasteiger partial charge is 0.481 e. The Kier molecular flexibility index (Phi) is 7.10. The van der Waals surface area contributed by atoms with Crippen LogP contribution in [0.25, 0.3) is 0 Å². The van der Waals surface area contributed by atoms with Gasteiger partial charge in [0, 0.05) is 0 Å². The van der Waals surface area contributed by atoms with Gasteiger partial charge in [0.15, 0.2) is 6.10 Å². The molecule has 27 heavy (non-hydrogen) atoms. The van der Waals surface area contributed by atoms with E-state index in [9.17, 15) is 18.4 Å². The van der Waals surface area contributed by atoms with Crippen LogP contribution in [0.2, 0.25) is 0 Å². The lowest BCUT2D eigenvalue weighted by atomic mass is 10.2. The number of hydrogen-bond acceptors (Lipinski definition) is 5. The van der Waals surface area contributed by atoms with Crippen molar-refractivity contribution in [1.82, 2.24) is 0 Å². The second-order valence-corrected chi connectivity index (χ2v) is 5.37. The molecule has 0 bridgehead atoms. The topological polar surface area (TPSA) is 73.9 Å². The zero-order valence-corrected chi connectivity index (χ0v) is 14.8. The van der Waals surface area contributed by atoms with Crippen molar-refractivity contribution in [3.63, 3.8) is 0 Å². The maximum Gasteiger partial charge on any atom is 0.387 e. The first-order valence-corrected chi connectivity index (χ1v) is 8.19. The predicted octanol–water partition coefficient (Wildman–Crippen LogP) is 3.87. The fourth-order valence-corrected chi connectivity index (χ4v) is 2.17. The molecule has 0 fully saturated rings. The molecule has 0 aromatic heterocycles. The average Bonchev–Trinajstić information content (AvgIpc) is 2.63. The highest BCUT2D eigenvalue weighted by Gasteiger charge is 2.18. The molecule has 0 spiro atoms. The molecule has 0 heterocycles. The van der Waals surface area contributed by atoms with Crippen molar-refractivity contribution >= 4 is 17.6 Å². The molecule has 0 unspecified atom stereocenters. The monoisotopic (exact) mass is 379 g/mol. The summed E-state index contributed by atoms with van der Waals surface area (Å²) in [5, 5.41) is 2.48. The number of nitrogens with one attached hydrogen (secondary N) is 1. The van der Waals surface area contributed by atoms with Gasteiger partial charge in [0.1, 0.15) is 11.5 Å². The first-order valence-electron chi connectivity index (χ1n) is 8.19. The van der Waals surface area contributed by atoms with Crippen LogP contribution in [0.3, 0.4) is 0 Å². The van der Waals surface area contributed by atoms with E-state index < -0.39 is 24.6 Å². The van der Waals surface area contributed by atoms with E-state index in [1.54, 1.807) is 31.2 Å². The number of rotatable bonds is 8. The Morgan fingerprint density at radius 1 is 1.07 bits per heavy atom. The summed E-state index contributed by atoms with van der Waals surface area (Å²) >= 11 is 0. The van der Waals surface area contributed by atoms with Gasteiger partial charge in [-0.05, 0) is 44.2 Å². The van der Waals surface area contributed by atoms with Crippen molar-refractivity contribution in [2.75, 3.05) is 11.9 Å². The summed E-state index contributed by atoms with van der Waals surface area (Å²) in [5.41, 5.74) is 0.385. The van der Waals surface area contributed by atoms with E-state index in [2.05, 4.69) is 10.1 Å². The van der Waals surface area contributed by atoms with Crippen molar-refractivity contribution < 1.29 is 32.6 Å². The first kappa shape index (κ1) is 20.2. The molecule has 2 aromatic carbocycles. The van der Waals surface area contributed by atoms with Crippen LogP contribution in [0.5, 0.6) is 11.5 Å². The maximum absolute atomic E-state index is 12.4. The minimum Gasteiger partial charge on any atom is -0.481 e. The van der Waals surface area contributed by atoms with Crippen molar-refractivity contribution in [2.45, 2.75) is 26.6 Å². The van der Waals surface area contributed by atoms with Gasteiger partial charge in [-0.3, -0.25) is 4.79 Å². The smallest absolute Gasteiger partial charge is 0.387 e. The Hall–Kier alpha value is -3.16. The number of ether oxygens (including phenoxy) is 3. The standard InChI is InChI=1S/C19H19F2NO5/c1-3-25-18(24)13-7-6-8-14(11-13)26-12(2)17(23)22-15-9-4-5-10-16(15)27-19(20)21/h4-12,19H,3H2,1-2H3,(H,22,23)/t12-/m0/s1. The highest BCUT2D eigenvalue weighted by atomic mass is 19.3. The third-order valence-corrected chi connectivity index (χ3v) is 3.39. The first-order chi connectivity index (χ1) is 12.9. The summed E-state index contributed by atoms with van der Waals surface area (Å²) in [4.78, 5) is 24.1. The Balaban J connectivity index is 2.04. The van der Waals surface area contributed by atoms with Gasteiger partial charge in [0.05, 0.1) is 17.9 Å². The summed E-state index contributed by atoms with van der Waals surface area (Å²) in [6, 6.07) is 12.0. The summed E-state index contributed by atoms with van der Waals surface area (Å²) < 4.78 is 39.7. The highest BCUT2D eigenvalue weighted by molar-refractivity contribution is 5.95. The van der Waals surface area contributed by atoms with Crippen LogP contribution in [0.1, 0.15) is 24.2 Å². The van der Waals surface area contributed by atoms with Gasteiger partial charge in [-0.1, -0.05) is 18.2 Å². The highest BCUT2D eigenvalue weighted by Crippen LogP contribution is 2.26. The molecule has 1 atom stereocenters. The summed E-state index contributed by atoms with van der Waals surface area (Å²) in [5.74, 6) is -0.933. The molecule has 0 saturated heterocycles. The molecule has 1 N–H and O–H groups in total. The number of amides is 1. The fraction of sp³-hybridized carbons (Fsp3) is 0.263. The molecule has 0 aliphatic carbocycles. The van der Waals surface area contributed by atoms with Crippen LogP contribution in [-0.4, -0.2) is 31.2 Å². The van der Waals surface area contributed by atoms with E-state index in [-0.39, 0.29) is 23.6 Å². The summed E-state index contributed by atoms with van der Waals surface area (Å²) in [7, 11) is 0. The minimum absolute atomic E-state index is 0.0959. The lowest BCUT2D eigenvalue weighted by molar-refractivity contribution is -0.122. The lowest BCUT2D eigenvalue weighted by Gasteiger charge is -2.17. The Labute approximate surface area is 155 Å². The molecule has 2 aromatic rings. The van der Waals surface area contributed by atoms with Gasteiger partial charge in [0.25, 0.3) is 5.91 Å². The van der Waals surface area contributed by atoms with E-state index in [1.807, 2.05) is 0 Å². The molecule has 0 aliphatic heterocycles. The molecule has 0 saturated carbocycles. The second-order valence-electron chi connectivity index (χ2n) is 5.37. The summed E-state index contributed by atoms with van der Waals surface area (Å²) in [6.07, 6.45) is -0.956. The maximum atomic E-state index is 12.4. The van der Waals surface area contributed by atoms with Crippen LogP contribution in [-0.2, 0) is 9.53 Å². The Morgan fingerprint density at radius 3 is 2.52 bits per heavy atom. The Bertz CT molecular complexity index is 797. The van der Waals surface area contributed by atoms with Crippen LogP contribution in [0, 0.1) is 0 Å². The molecule has 6 nitrogen and oxygen atoms in total. The SMILES string of the molecule is CCOC(=O)c1cccc(O[C@@H](C)C(=O)Nc2ccccc2OC(F)F)c1. The Morgan fingerprint density at radius 2 is 1.81 bits per heavy atom. The second kappa shape index (κ2) is 9.51. The number of carbonyl (C=O) groups excluding carboxylic acids is 2. The molecule has 144 valence electrons. The molecule has 8 heteroatoms. The lowest BCUT2D eigenvalue weighted by Crippen LogP contribution is -2.30. The number of esters is 1. The number of carbonyl (C=O) groups is 2. The van der Waals surface area contributed by atoms with E-state index >= 15 is 0 Å².